The molecule has 4 N–H and O–H groups in total. The highest BCUT2D eigenvalue weighted by molar-refractivity contribution is 7.79. The van der Waals surface area contributed by atoms with Crippen LogP contribution in [-0.2, 0) is 10.4 Å². The number of hydrogen-bond acceptors (Lipinski definition) is 4. The molecular weight excluding hydrogens is 148 g/mol. The maximum absolute atomic E-state index is 8.74. The minimum atomic E-state index is -4.67. The third kappa shape index (κ3) is 2020. The summed E-state index contributed by atoms with van der Waals surface area (Å²) in [6.07, 6.45) is 0. The largest absolute Gasteiger partial charge is 0.394 e. The molecule has 0 amide bonds. The average molecular weight is 154 g/mol. The zero-order chi connectivity index (χ0) is 7.91. The van der Waals surface area contributed by atoms with E-state index in [4.69, 9.17) is 22.8 Å². The van der Waals surface area contributed by atoms with Crippen molar-refractivity contribution in [3.05, 3.63) is 0 Å². The molecule has 0 saturated carbocycles. The van der Waals surface area contributed by atoms with Crippen LogP contribution in [0.5, 0.6) is 0 Å². The van der Waals surface area contributed by atoms with Gasteiger partial charge in [0.1, 0.15) is 0 Å². The second-order valence-corrected chi connectivity index (χ2v) is 1.71. The fraction of sp³-hybridized carbons (Fsp3) is 0.500. The summed E-state index contributed by atoms with van der Waals surface area (Å²) in [6.45, 7) is 0.125. The Balaban J connectivity index is 0. The van der Waals surface area contributed by atoms with Gasteiger partial charge in [-0.1, -0.05) is 0 Å². The first-order valence-electron chi connectivity index (χ1n) is 1.68. The van der Waals surface area contributed by atoms with Gasteiger partial charge in [0, 0.05) is 0 Å². The van der Waals surface area contributed by atoms with Gasteiger partial charge in [0.05, 0.1) is 12.6 Å². The molecule has 0 fully saturated rings. The van der Waals surface area contributed by atoms with Crippen molar-refractivity contribution in [1.29, 1.82) is 5.26 Å². The number of nitrogens with two attached hydrogens (primary N) is 1. The van der Waals surface area contributed by atoms with Crippen molar-refractivity contribution in [3.63, 3.8) is 0 Å². The van der Waals surface area contributed by atoms with Crippen LogP contribution in [0.4, 0.5) is 0 Å². The molecule has 0 aromatic carbocycles. The third-order valence-electron chi connectivity index (χ3n) is 0.0913. The second-order valence-electron chi connectivity index (χ2n) is 0.810. The van der Waals surface area contributed by atoms with Crippen molar-refractivity contribution in [2.45, 2.75) is 0 Å². The van der Waals surface area contributed by atoms with Crippen LogP contribution in [0.3, 0.4) is 0 Å². The SMILES string of the molecule is N#CCN.O=S(=O)(O)O. The monoisotopic (exact) mass is 154 g/mol. The Labute approximate surface area is 52.5 Å². The van der Waals surface area contributed by atoms with Crippen LogP contribution in [0.15, 0.2) is 0 Å². The summed E-state index contributed by atoms with van der Waals surface area (Å²) in [5.41, 5.74) is 4.67. The van der Waals surface area contributed by atoms with Crippen molar-refractivity contribution >= 4 is 10.4 Å². The number of nitrogens with zero attached hydrogens (tertiary/aromatic N) is 1. The van der Waals surface area contributed by atoms with E-state index in [9.17, 15) is 0 Å². The molecular formula is C2H6N2O4S. The molecule has 0 saturated heterocycles. The summed E-state index contributed by atoms with van der Waals surface area (Å²) in [4.78, 5) is 0. The summed E-state index contributed by atoms with van der Waals surface area (Å²) in [5, 5.41) is 7.50. The summed E-state index contributed by atoms with van der Waals surface area (Å²) in [5.74, 6) is 0. The normalized spacial score (nSPS) is 8.67. The molecule has 0 radical (unpaired) electrons. The Morgan fingerprint density at radius 3 is 1.67 bits per heavy atom. The van der Waals surface area contributed by atoms with E-state index in [-0.39, 0.29) is 6.54 Å². The molecule has 0 aliphatic carbocycles. The van der Waals surface area contributed by atoms with Crippen LogP contribution in [0.2, 0.25) is 0 Å². The third-order valence-corrected chi connectivity index (χ3v) is 0.0913. The first-order valence-corrected chi connectivity index (χ1v) is 3.08. The Bertz CT molecular complexity index is 169. The predicted octanol–water partition coefficient (Wildman–Crippen LogP) is -1.18. The number of rotatable bonds is 0. The second kappa shape index (κ2) is 5.46. The van der Waals surface area contributed by atoms with E-state index in [2.05, 4.69) is 5.73 Å². The van der Waals surface area contributed by atoms with Crippen LogP contribution in [-0.4, -0.2) is 24.1 Å². The van der Waals surface area contributed by atoms with Crippen LogP contribution >= 0.6 is 0 Å². The first kappa shape index (κ1) is 11.2. The van der Waals surface area contributed by atoms with Crippen molar-refractivity contribution in [2.75, 3.05) is 6.54 Å². The zero-order valence-electron chi connectivity index (χ0n) is 4.35. The van der Waals surface area contributed by atoms with Crippen LogP contribution in [0, 0.1) is 11.3 Å². The van der Waals surface area contributed by atoms with E-state index in [1.807, 2.05) is 0 Å². The molecule has 54 valence electrons. The van der Waals surface area contributed by atoms with Crippen LogP contribution in [0.1, 0.15) is 0 Å². The van der Waals surface area contributed by atoms with Gasteiger partial charge in [0.2, 0.25) is 0 Å². The highest BCUT2D eigenvalue weighted by Gasteiger charge is 1.84. The highest BCUT2D eigenvalue weighted by Crippen LogP contribution is 1.59. The Morgan fingerprint density at radius 1 is 1.56 bits per heavy atom. The summed E-state index contributed by atoms with van der Waals surface area (Å²) >= 11 is 0. The van der Waals surface area contributed by atoms with Gasteiger partial charge >= 0.3 is 10.4 Å². The number of hydrogen-bond donors (Lipinski definition) is 3. The van der Waals surface area contributed by atoms with Gasteiger partial charge in [-0.05, 0) is 0 Å². The molecule has 0 aliphatic rings. The van der Waals surface area contributed by atoms with Crippen LogP contribution < -0.4 is 5.73 Å². The van der Waals surface area contributed by atoms with Gasteiger partial charge < -0.3 is 5.73 Å². The standard InChI is InChI=1S/C2H4N2.H2O4S/c3-1-2-4;1-5(2,3)4/h1,3H2;(H2,1,2,3,4). The van der Waals surface area contributed by atoms with Crippen LogP contribution in [0.25, 0.3) is 0 Å². The summed E-state index contributed by atoms with van der Waals surface area (Å²) < 4.78 is 31.6. The maximum atomic E-state index is 8.74. The lowest BCUT2D eigenvalue weighted by molar-refractivity contribution is 0.381. The summed E-state index contributed by atoms with van der Waals surface area (Å²) in [6, 6.07) is 1.71. The van der Waals surface area contributed by atoms with Crippen molar-refractivity contribution in [1.82, 2.24) is 0 Å². The van der Waals surface area contributed by atoms with E-state index in [0.29, 0.717) is 0 Å². The highest BCUT2D eigenvalue weighted by atomic mass is 32.3. The van der Waals surface area contributed by atoms with Crippen molar-refractivity contribution in [2.24, 2.45) is 5.73 Å². The molecule has 0 aromatic heterocycles. The van der Waals surface area contributed by atoms with E-state index >= 15 is 0 Å². The van der Waals surface area contributed by atoms with Gasteiger partial charge in [0.25, 0.3) is 0 Å². The topological polar surface area (TPSA) is 124 Å². The molecule has 0 heterocycles. The molecule has 9 heavy (non-hydrogen) atoms. The van der Waals surface area contributed by atoms with Gasteiger partial charge in [-0.15, -0.1) is 0 Å². The van der Waals surface area contributed by atoms with Gasteiger partial charge in [0.15, 0.2) is 0 Å². The van der Waals surface area contributed by atoms with Gasteiger partial charge in [-0.25, -0.2) is 0 Å². The van der Waals surface area contributed by atoms with Gasteiger partial charge in [-0.2, -0.15) is 13.7 Å². The fourth-order valence-electron chi connectivity index (χ4n) is 0. The minimum absolute atomic E-state index is 0.125. The quantitative estimate of drug-likeness (QED) is 0.298. The Hall–Kier alpha value is -0.680. The zero-order valence-corrected chi connectivity index (χ0v) is 5.17. The first-order chi connectivity index (χ1) is 3.91. The maximum Gasteiger partial charge on any atom is 0.394 e. The smallest absolute Gasteiger partial charge is 0.318 e. The van der Waals surface area contributed by atoms with E-state index in [1.165, 1.54) is 0 Å². The summed E-state index contributed by atoms with van der Waals surface area (Å²) in [7, 11) is -4.67. The molecule has 0 spiro atoms. The molecule has 0 unspecified atom stereocenters. The Morgan fingerprint density at radius 2 is 1.67 bits per heavy atom. The van der Waals surface area contributed by atoms with Crippen molar-refractivity contribution in [3.8, 4) is 6.07 Å². The lowest BCUT2D eigenvalue weighted by atomic mass is 10.8. The van der Waals surface area contributed by atoms with Gasteiger partial charge in [-0.3, -0.25) is 9.11 Å². The van der Waals surface area contributed by atoms with E-state index in [1.54, 1.807) is 6.07 Å². The molecule has 0 bridgehead atoms. The minimum Gasteiger partial charge on any atom is -0.318 e. The molecule has 7 heteroatoms. The van der Waals surface area contributed by atoms with E-state index < -0.39 is 10.4 Å². The molecule has 0 rings (SSSR count). The molecule has 0 aliphatic heterocycles. The number of nitriles is 1. The predicted molar refractivity (Wildman–Crippen MR) is 28.8 cm³/mol. The Kier molecular flexibility index (Phi) is 6.77. The molecule has 0 aromatic rings. The molecule has 6 nitrogen and oxygen atoms in total. The average Bonchev–Trinajstić information content (AvgIpc) is 1.61. The lowest BCUT2D eigenvalue weighted by Crippen LogP contribution is -1.91. The lowest BCUT2D eigenvalue weighted by Gasteiger charge is -1.68. The van der Waals surface area contributed by atoms with E-state index in [0.717, 1.165) is 0 Å². The molecule has 0 atom stereocenters. The fourth-order valence-corrected chi connectivity index (χ4v) is 0. The van der Waals surface area contributed by atoms with Crippen molar-refractivity contribution < 1.29 is 17.5 Å².